The number of benzene rings is 1. The van der Waals surface area contributed by atoms with Gasteiger partial charge in [-0.3, -0.25) is 9.59 Å². The molecule has 0 radical (unpaired) electrons. The Balaban J connectivity index is 2.81. The lowest BCUT2D eigenvalue weighted by molar-refractivity contribution is -0.119. The highest BCUT2D eigenvalue weighted by Gasteiger charge is 2.13. The summed E-state index contributed by atoms with van der Waals surface area (Å²) in [5.74, 6) is 0.00413. The van der Waals surface area contributed by atoms with Crippen molar-refractivity contribution in [2.45, 2.75) is 32.7 Å². The first kappa shape index (κ1) is 16.8. The van der Waals surface area contributed by atoms with E-state index < -0.39 is 5.91 Å². The third kappa shape index (κ3) is 5.33. The van der Waals surface area contributed by atoms with Gasteiger partial charge in [0.2, 0.25) is 0 Å². The Kier molecular flexibility index (Phi) is 6.52. The van der Waals surface area contributed by atoms with Crippen LogP contribution in [0.3, 0.4) is 0 Å². The minimum absolute atomic E-state index is 0.110. The number of nitrogens with one attached hydrogen (secondary N) is 1. The highest BCUT2D eigenvalue weighted by Crippen LogP contribution is 2.28. The fourth-order valence-electron chi connectivity index (χ4n) is 1.89. The maximum absolute atomic E-state index is 12.1. The zero-order chi connectivity index (χ0) is 15.8. The summed E-state index contributed by atoms with van der Waals surface area (Å²) in [7, 11) is 1.47. The van der Waals surface area contributed by atoms with Crippen molar-refractivity contribution in [3.8, 4) is 11.5 Å². The zero-order valence-electron chi connectivity index (χ0n) is 12.6. The van der Waals surface area contributed by atoms with Crippen molar-refractivity contribution in [1.82, 2.24) is 5.32 Å². The second kappa shape index (κ2) is 8.14. The Morgan fingerprint density at radius 1 is 1.33 bits per heavy atom. The van der Waals surface area contributed by atoms with E-state index >= 15 is 0 Å². The molecule has 0 aromatic heterocycles. The average molecular weight is 294 g/mol. The minimum atomic E-state index is -0.577. The summed E-state index contributed by atoms with van der Waals surface area (Å²) in [4.78, 5) is 22.8. The van der Waals surface area contributed by atoms with Gasteiger partial charge in [0.25, 0.3) is 11.8 Å². The predicted molar refractivity (Wildman–Crippen MR) is 79.5 cm³/mol. The fourth-order valence-corrected chi connectivity index (χ4v) is 1.89. The van der Waals surface area contributed by atoms with Crippen LogP contribution in [-0.2, 0) is 4.79 Å². The van der Waals surface area contributed by atoms with Gasteiger partial charge in [-0.2, -0.15) is 0 Å². The summed E-state index contributed by atoms with van der Waals surface area (Å²) in [6.07, 6.45) is 1.92. The molecule has 1 aromatic carbocycles. The first-order valence-electron chi connectivity index (χ1n) is 6.88. The number of amides is 2. The van der Waals surface area contributed by atoms with Gasteiger partial charge in [0.15, 0.2) is 18.1 Å². The number of nitrogens with two attached hydrogens (primary N) is 1. The van der Waals surface area contributed by atoms with Crippen molar-refractivity contribution < 1.29 is 19.1 Å². The Labute approximate surface area is 124 Å². The molecule has 6 heteroatoms. The largest absolute Gasteiger partial charge is 0.493 e. The number of hydrogen-bond donors (Lipinski definition) is 2. The van der Waals surface area contributed by atoms with Crippen LogP contribution in [0, 0.1) is 0 Å². The van der Waals surface area contributed by atoms with Crippen molar-refractivity contribution in [1.29, 1.82) is 0 Å². The van der Waals surface area contributed by atoms with Crippen LogP contribution in [0.4, 0.5) is 0 Å². The van der Waals surface area contributed by atoms with E-state index in [2.05, 4.69) is 12.2 Å². The molecule has 1 unspecified atom stereocenters. The van der Waals surface area contributed by atoms with Crippen LogP contribution in [-0.4, -0.2) is 31.6 Å². The molecule has 0 fully saturated rings. The van der Waals surface area contributed by atoms with E-state index in [4.69, 9.17) is 15.2 Å². The van der Waals surface area contributed by atoms with Gasteiger partial charge in [-0.15, -0.1) is 0 Å². The molecule has 1 aromatic rings. The highest BCUT2D eigenvalue weighted by molar-refractivity contribution is 5.95. The number of primary amides is 1. The van der Waals surface area contributed by atoms with Crippen LogP contribution in [0.2, 0.25) is 0 Å². The van der Waals surface area contributed by atoms with E-state index in [0.29, 0.717) is 17.1 Å². The molecule has 0 spiro atoms. The Hall–Kier alpha value is -2.24. The van der Waals surface area contributed by atoms with Gasteiger partial charge in [-0.05, 0) is 31.5 Å². The van der Waals surface area contributed by atoms with Crippen molar-refractivity contribution in [3.63, 3.8) is 0 Å². The van der Waals surface area contributed by atoms with Crippen LogP contribution >= 0.6 is 0 Å². The first-order chi connectivity index (χ1) is 9.97. The van der Waals surface area contributed by atoms with E-state index in [1.54, 1.807) is 18.2 Å². The standard InChI is InChI=1S/C15H22N2O4/c1-4-5-10(2)17-15(19)11-6-7-12(13(8-11)20-3)21-9-14(16)18/h6-8,10H,4-5,9H2,1-3H3,(H2,16,18)(H,17,19). The summed E-state index contributed by atoms with van der Waals surface area (Å²) in [6, 6.07) is 4.89. The van der Waals surface area contributed by atoms with Crippen molar-refractivity contribution in [3.05, 3.63) is 23.8 Å². The molecule has 0 saturated heterocycles. The smallest absolute Gasteiger partial charge is 0.255 e. The number of carbonyl (C=O) groups is 2. The SMILES string of the molecule is CCCC(C)NC(=O)c1ccc(OCC(N)=O)c(OC)c1. The van der Waals surface area contributed by atoms with Gasteiger partial charge in [0.05, 0.1) is 7.11 Å². The number of hydrogen-bond acceptors (Lipinski definition) is 4. The van der Waals surface area contributed by atoms with Crippen molar-refractivity contribution in [2.24, 2.45) is 5.73 Å². The van der Waals surface area contributed by atoms with Crippen LogP contribution in [0.5, 0.6) is 11.5 Å². The third-order valence-electron chi connectivity index (χ3n) is 2.89. The molecule has 0 aliphatic heterocycles. The van der Waals surface area contributed by atoms with Crippen molar-refractivity contribution in [2.75, 3.05) is 13.7 Å². The lowest BCUT2D eigenvalue weighted by atomic mass is 10.1. The lowest BCUT2D eigenvalue weighted by Crippen LogP contribution is -2.32. The van der Waals surface area contributed by atoms with Crippen LogP contribution < -0.4 is 20.5 Å². The van der Waals surface area contributed by atoms with Gasteiger partial charge in [0.1, 0.15) is 0 Å². The topological polar surface area (TPSA) is 90.6 Å². The van der Waals surface area contributed by atoms with Gasteiger partial charge in [-0.1, -0.05) is 13.3 Å². The maximum Gasteiger partial charge on any atom is 0.255 e. The predicted octanol–water partition coefficient (Wildman–Crippen LogP) is 1.48. The van der Waals surface area contributed by atoms with E-state index in [0.717, 1.165) is 12.8 Å². The van der Waals surface area contributed by atoms with Crippen LogP contribution in [0.15, 0.2) is 18.2 Å². The number of methoxy groups -OCH3 is 1. The average Bonchev–Trinajstić information content (AvgIpc) is 2.44. The Bertz CT molecular complexity index is 502. The minimum Gasteiger partial charge on any atom is -0.493 e. The normalized spacial score (nSPS) is 11.6. The Morgan fingerprint density at radius 3 is 2.62 bits per heavy atom. The molecule has 0 aliphatic rings. The van der Waals surface area contributed by atoms with Gasteiger partial charge < -0.3 is 20.5 Å². The molecule has 0 aliphatic carbocycles. The second-order valence-electron chi connectivity index (χ2n) is 4.78. The molecular formula is C15H22N2O4. The molecule has 0 saturated carbocycles. The molecule has 21 heavy (non-hydrogen) atoms. The number of ether oxygens (including phenoxy) is 2. The molecule has 0 bridgehead atoms. The zero-order valence-corrected chi connectivity index (χ0v) is 12.6. The lowest BCUT2D eigenvalue weighted by Gasteiger charge is -2.14. The number of carbonyl (C=O) groups excluding carboxylic acids is 2. The summed E-state index contributed by atoms with van der Waals surface area (Å²) in [6.45, 7) is 3.79. The molecular weight excluding hydrogens is 272 g/mol. The molecule has 3 N–H and O–H groups in total. The monoisotopic (exact) mass is 294 g/mol. The van der Waals surface area contributed by atoms with Gasteiger partial charge in [-0.25, -0.2) is 0 Å². The second-order valence-corrected chi connectivity index (χ2v) is 4.78. The van der Waals surface area contributed by atoms with E-state index in [-0.39, 0.29) is 18.6 Å². The van der Waals surface area contributed by atoms with E-state index in [9.17, 15) is 9.59 Å². The molecule has 0 heterocycles. The van der Waals surface area contributed by atoms with Crippen LogP contribution in [0.25, 0.3) is 0 Å². The van der Waals surface area contributed by atoms with Crippen LogP contribution in [0.1, 0.15) is 37.0 Å². The molecule has 1 atom stereocenters. The molecule has 116 valence electrons. The summed E-state index contributed by atoms with van der Waals surface area (Å²) in [5, 5.41) is 2.91. The Morgan fingerprint density at radius 2 is 2.05 bits per heavy atom. The van der Waals surface area contributed by atoms with E-state index in [1.807, 2.05) is 6.92 Å². The highest BCUT2D eigenvalue weighted by atomic mass is 16.5. The summed E-state index contributed by atoms with van der Waals surface area (Å²) >= 11 is 0. The maximum atomic E-state index is 12.1. The first-order valence-corrected chi connectivity index (χ1v) is 6.88. The molecule has 2 amide bonds. The molecule has 1 rings (SSSR count). The summed E-state index contributed by atoms with van der Waals surface area (Å²) < 4.78 is 10.4. The van der Waals surface area contributed by atoms with Crippen molar-refractivity contribution >= 4 is 11.8 Å². The van der Waals surface area contributed by atoms with Gasteiger partial charge >= 0.3 is 0 Å². The quantitative estimate of drug-likeness (QED) is 0.759. The van der Waals surface area contributed by atoms with E-state index in [1.165, 1.54) is 7.11 Å². The summed E-state index contributed by atoms with van der Waals surface area (Å²) in [5.41, 5.74) is 5.50. The molecule has 6 nitrogen and oxygen atoms in total. The fraction of sp³-hybridized carbons (Fsp3) is 0.467. The van der Waals surface area contributed by atoms with Gasteiger partial charge in [0, 0.05) is 11.6 Å². The number of rotatable bonds is 8. The third-order valence-corrected chi connectivity index (χ3v) is 2.89.